The highest BCUT2D eigenvalue weighted by Crippen LogP contribution is 2.19. The van der Waals surface area contributed by atoms with Gasteiger partial charge in [-0.3, -0.25) is 0 Å². The maximum absolute atomic E-state index is 12.6. The Hall–Kier alpha value is -2.08. The summed E-state index contributed by atoms with van der Waals surface area (Å²) < 4.78 is 0. The van der Waals surface area contributed by atoms with Crippen molar-refractivity contribution in [1.82, 2.24) is 15.2 Å². The van der Waals surface area contributed by atoms with E-state index >= 15 is 0 Å². The highest BCUT2D eigenvalue weighted by atomic mass is 32.1. The number of anilines is 1. The van der Waals surface area contributed by atoms with E-state index in [2.05, 4.69) is 53.7 Å². The number of nitrogens with one attached hydrogen (secondary N) is 2. The van der Waals surface area contributed by atoms with Gasteiger partial charge in [0.2, 0.25) is 0 Å². The number of carbonyl (C=O) groups excluding carboxylic acids is 1. The summed E-state index contributed by atoms with van der Waals surface area (Å²) in [6, 6.07) is 11.0. The Morgan fingerprint density at radius 3 is 2.63 bits per heavy atom. The van der Waals surface area contributed by atoms with Crippen LogP contribution in [0.1, 0.15) is 32.3 Å². The first kappa shape index (κ1) is 19.7. The van der Waals surface area contributed by atoms with E-state index in [0.717, 1.165) is 44.0 Å². The minimum Gasteiger partial charge on any atom is -0.359 e. The zero-order chi connectivity index (χ0) is 19.1. The maximum atomic E-state index is 12.6. The predicted molar refractivity (Wildman–Crippen MR) is 112 cm³/mol. The first-order valence-corrected chi connectivity index (χ1v) is 10.7. The van der Waals surface area contributed by atoms with Gasteiger partial charge in [0, 0.05) is 37.3 Å². The van der Waals surface area contributed by atoms with E-state index in [0.29, 0.717) is 17.9 Å². The topological polar surface area (TPSA) is 57.3 Å². The summed E-state index contributed by atoms with van der Waals surface area (Å²) in [6.07, 6.45) is 4.74. The highest BCUT2D eigenvalue weighted by molar-refractivity contribution is 7.13. The van der Waals surface area contributed by atoms with Gasteiger partial charge in [-0.2, -0.15) is 0 Å². The fraction of sp³-hybridized carbons (Fsp3) is 0.524. The van der Waals surface area contributed by atoms with Gasteiger partial charge in [-0.1, -0.05) is 44.2 Å². The molecule has 27 heavy (non-hydrogen) atoms. The zero-order valence-electron chi connectivity index (χ0n) is 16.2. The van der Waals surface area contributed by atoms with Gasteiger partial charge in [0.25, 0.3) is 0 Å². The lowest BCUT2D eigenvalue weighted by atomic mass is 9.89. The van der Waals surface area contributed by atoms with Gasteiger partial charge in [0.05, 0.1) is 0 Å². The average Bonchev–Trinajstić information content (AvgIpc) is 3.19. The molecule has 0 bridgehead atoms. The summed E-state index contributed by atoms with van der Waals surface area (Å²) in [5.74, 6) is 0.971. The molecule has 2 amide bonds. The number of hydrogen-bond donors (Lipinski definition) is 2. The lowest BCUT2D eigenvalue weighted by Crippen LogP contribution is -2.48. The van der Waals surface area contributed by atoms with Crippen LogP contribution in [0.15, 0.2) is 41.9 Å². The molecule has 2 aromatic rings. The molecule has 1 saturated heterocycles. The Morgan fingerprint density at radius 2 is 2.00 bits per heavy atom. The molecule has 1 aliphatic heterocycles. The second kappa shape index (κ2) is 9.74. The third kappa shape index (κ3) is 5.96. The molecule has 0 aliphatic carbocycles. The second-order valence-corrected chi connectivity index (χ2v) is 8.52. The smallest absolute Gasteiger partial charge is 0.317 e. The monoisotopic (exact) mass is 386 g/mol. The van der Waals surface area contributed by atoms with Crippen LogP contribution in [0.3, 0.4) is 0 Å². The lowest BCUT2D eigenvalue weighted by molar-refractivity contribution is 0.180. The van der Waals surface area contributed by atoms with Crippen molar-refractivity contribution in [1.29, 1.82) is 0 Å². The van der Waals surface area contributed by atoms with E-state index in [-0.39, 0.29) is 6.03 Å². The number of aromatic nitrogens is 1. The molecule has 6 heteroatoms. The summed E-state index contributed by atoms with van der Waals surface area (Å²) in [7, 11) is 0. The van der Waals surface area contributed by atoms with Gasteiger partial charge in [-0.25, -0.2) is 9.78 Å². The van der Waals surface area contributed by atoms with E-state index in [4.69, 9.17) is 0 Å². The van der Waals surface area contributed by atoms with Crippen molar-refractivity contribution in [2.75, 3.05) is 25.0 Å². The van der Waals surface area contributed by atoms with Gasteiger partial charge >= 0.3 is 6.03 Å². The normalized spacial score (nSPS) is 16.3. The number of urea groups is 1. The summed E-state index contributed by atoms with van der Waals surface area (Å²) >= 11 is 1.62. The molecule has 1 aliphatic rings. The molecule has 5 nitrogen and oxygen atoms in total. The molecule has 3 rings (SSSR count). The molecule has 2 heterocycles. The average molecular weight is 387 g/mol. The van der Waals surface area contributed by atoms with E-state index < -0.39 is 0 Å². The number of rotatable bonds is 7. The van der Waals surface area contributed by atoms with Gasteiger partial charge in [-0.15, -0.1) is 11.3 Å². The molecule has 1 atom stereocenters. The Balaban J connectivity index is 1.43. The summed E-state index contributed by atoms with van der Waals surface area (Å²) in [4.78, 5) is 18.8. The van der Waals surface area contributed by atoms with Crippen LogP contribution < -0.4 is 10.6 Å². The SMILES string of the molecule is CC(C)[C@H](CNC(=O)N1CCC(Nc2nccs2)CC1)Cc1ccccc1. The Kier molecular flexibility index (Phi) is 7.10. The number of amides is 2. The molecular weight excluding hydrogens is 356 g/mol. The van der Waals surface area contributed by atoms with Gasteiger partial charge in [-0.05, 0) is 36.7 Å². The van der Waals surface area contributed by atoms with Crippen molar-refractivity contribution in [2.45, 2.75) is 39.2 Å². The van der Waals surface area contributed by atoms with E-state index in [9.17, 15) is 4.79 Å². The molecule has 0 spiro atoms. The van der Waals surface area contributed by atoms with Gasteiger partial charge in [0.15, 0.2) is 5.13 Å². The molecule has 1 aromatic carbocycles. The lowest BCUT2D eigenvalue weighted by Gasteiger charge is -2.33. The van der Waals surface area contributed by atoms with Gasteiger partial charge < -0.3 is 15.5 Å². The number of piperidine rings is 1. The fourth-order valence-corrected chi connectivity index (χ4v) is 4.09. The number of hydrogen-bond acceptors (Lipinski definition) is 4. The molecule has 0 radical (unpaired) electrons. The fourth-order valence-electron chi connectivity index (χ4n) is 3.49. The molecule has 146 valence electrons. The molecule has 0 saturated carbocycles. The first-order valence-electron chi connectivity index (χ1n) is 9.84. The molecular formula is C21H30N4OS. The first-order chi connectivity index (χ1) is 13.1. The van der Waals surface area contributed by atoms with E-state index in [1.807, 2.05) is 22.5 Å². The number of thiazole rings is 1. The van der Waals surface area contributed by atoms with Crippen molar-refractivity contribution >= 4 is 22.5 Å². The van der Waals surface area contributed by atoms with Crippen LogP contribution in [0.5, 0.6) is 0 Å². The van der Waals surface area contributed by atoms with Crippen LogP contribution >= 0.6 is 11.3 Å². The van der Waals surface area contributed by atoms with Crippen LogP contribution in [-0.4, -0.2) is 41.6 Å². The minimum atomic E-state index is 0.0708. The van der Waals surface area contributed by atoms with Crippen molar-refractivity contribution < 1.29 is 4.79 Å². The largest absolute Gasteiger partial charge is 0.359 e. The number of nitrogens with zero attached hydrogens (tertiary/aromatic N) is 2. The Bertz CT molecular complexity index is 681. The number of carbonyl (C=O) groups is 1. The summed E-state index contributed by atoms with van der Waals surface area (Å²) in [6.45, 7) is 6.77. The van der Waals surface area contributed by atoms with Crippen molar-refractivity contribution in [3.05, 3.63) is 47.5 Å². The minimum absolute atomic E-state index is 0.0708. The highest BCUT2D eigenvalue weighted by Gasteiger charge is 2.24. The van der Waals surface area contributed by atoms with Crippen molar-refractivity contribution in [3.8, 4) is 0 Å². The van der Waals surface area contributed by atoms with Crippen molar-refractivity contribution in [3.63, 3.8) is 0 Å². The molecule has 2 N–H and O–H groups in total. The zero-order valence-corrected chi connectivity index (χ0v) is 17.0. The number of likely N-dealkylation sites (tertiary alicyclic amines) is 1. The second-order valence-electron chi connectivity index (χ2n) is 7.62. The van der Waals surface area contributed by atoms with Crippen molar-refractivity contribution in [2.24, 2.45) is 11.8 Å². The van der Waals surface area contributed by atoms with E-state index in [1.54, 1.807) is 11.3 Å². The Labute approximate surface area is 166 Å². The van der Waals surface area contributed by atoms with Crippen LogP contribution in [0.2, 0.25) is 0 Å². The van der Waals surface area contributed by atoms with Crippen LogP contribution in [-0.2, 0) is 6.42 Å². The van der Waals surface area contributed by atoms with Crippen LogP contribution in [0.25, 0.3) is 0 Å². The molecule has 0 unspecified atom stereocenters. The molecule has 1 aromatic heterocycles. The summed E-state index contributed by atoms with van der Waals surface area (Å²) in [5.41, 5.74) is 1.33. The number of benzene rings is 1. The standard InChI is InChI=1S/C21H30N4OS/c1-16(2)18(14-17-6-4-3-5-7-17)15-23-21(26)25-11-8-19(9-12-25)24-20-22-10-13-27-20/h3-7,10,13,16,18-19H,8-9,11-12,14-15H2,1-2H3,(H,22,24)(H,23,26)/t18-/m0/s1. The molecule has 1 fully saturated rings. The third-order valence-corrected chi connectivity index (χ3v) is 6.05. The predicted octanol–water partition coefficient (Wildman–Crippen LogP) is 4.24. The van der Waals surface area contributed by atoms with Gasteiger partial charge in [0.1, 0.15) is 0 Å². The van der Waals surface area contributed by atoms with Crippen LogP contribution in [0, 0.1) is 11.8 Å². The van der Waals surface area contributed by atoms with E-state index in [1.165, 1.54) is 5.56 Å². The summed E-state index contributed by atoms with van der Waals surface area (Å²) in [5, 5.41) is 9.58. The Morgan fingerprint density at radius 1 is 1.26 bits per heavy atom. The third-order valence-electron chi connectivity index (χ3n) is 5.34. The van der Waals surface area contributed by atoms with Crippen LogP contribution in [0.4, 0.5) is 9.93 Å². The maximum Gasteiger partial charge on any atom is 0.317 e. The quantitative estimate of drug-likeness (QED) is 0.748.